The van der Waals surface area contributed by atoms with E-state index in [1.54, 1.807) is 13.8 Å². The minimum atomic E-state index is -3.11. The molecule has 1 rings (SSSR count). The number of hydrogen-bond acceptors (Lipinski definition) is 4. The Morgan fingerprint density at radius 1 is 1.40 bits per heavy atom. The lowest BCUT2D eigenvalue weighted by atomic mass is 10.1. The highest BCUT2D eigenvalue weighted by Crippen LogP contribution is 2.58. The quantitative estimate of drug-likeness (QED) is 0.686. The Morgan fingerprint density at radius 3 is 2.27 bits per heavy atom. The zero-order chi connectivity index (χ0) is 11.5. The van der Waals surface area contributed by atoms with Gasteiger partial charge in [0.2, 0.25) is 0 Å². The first kappa shape index (κ1) is 12.9. The topological polar surface area (TPSA) is 44.8 Å². The Balaban J connectivity index is 2.87. The summed E-state index contributed by atoms with van der Waals surface area (Å²) in [5.41, 5.74) is -0.376. The summed E-state index contributed by atoms with van der Waals surface area (Å²) in [5, 5.41) is 0.635. The Hall–Kier alpha value is -0.150. The van der Waals surface area contributed by atoms with Gasteiger partial charge in [-0.05, 0) is 33.8 Å². The van der Waals surface area contributed by atoms with Crippen LogP contribution in [0.4, 0.5) is 0 Å². The van der Waals surface area contributed by atoms with Crippen LogP contribution in [0, 0.1) is 0 Å². The van der Waals surface area contributed by atoms with E-state index in [9.17, 15) is 4.57 Å². The third-order valence-corrected chi connectivity index (χ3v) is 4.21. The Morgan fingerprint density at radius 2 is 1.93 bits per heavy atom. The Labute approximate surface area is 91.1 Å². The van der Waals surface area contributed by atoms with E-state index >= 15 is 0 Å². The summed E-state index contributed by atoms with van der Waals surface area (Å²) in [5.74, 6) is 0. The van der Waals surface area contributed by atoms with Crippen molar-refractivity contribution >= 4 is 7.60 Å². The fourth-order valence-corrected chi connectivity index (χ4v) is 3.22. The fraction of sp³-hybridized carbons (Fsp3) is 0.800. The van der Waals surface area contributed by atoms with Gasteiger partial charge in [-0.15, -0.1) is 0 Å². The average Bonchev–Trinajstić information content (AvgIpc) is 2.47. The van der Waals surface area contributed by atoms with Crippen LogP contribution in [-0.4, -0.2) is 25.4 Å². The highest BCUT2D eigenvalue weighted by atomic mass is 31.2. The normalized spacial score (nSPS) is 20.4. The molecule has 0 aliphatic carbocycles. The smallest absolute Gasteiger partial charge is 0.359 e. The molecule has 0 aromatic carbocycles. The van der Waals surface area contributed by atoms with E-state index in [1.807, 2.05) is 19.9 Å². The SMILES string of the molecule is CCOP(=O)(OCC)C1=CC(C)(C)OC1. The van der Waals surface area contributed by atoms with Crippen LogP contribution in [-0.2, 0) is 18.3 Å². The summed E-state index contributed by atoms with van der Waals surface area (Å²) in [7, 11) is -3.11. The zero-order valence-corrected chi connectivity index (χ0v) is 10.7. The Kier molecular flexibility index (Phi) is 4.13. The molecule has 0 aromatic rings. The molecule has 1 aliphatic heterocycles. The molecule has 1 heterocycles. The molecular formula is C10H19O4P. The van der Waals surface area contributed by atoms with E-state index in [1.165, 1.54) is 0 Å². The first-order valence-electron chi connectivity index (χ1n) is 5.19. The standard InChI is InChI=1S/C10H19O4P/c1-5-13-15(11,14-6-2)9-7-10(3,4)12-8-9/h7H,5-6,8H2,1-4H3. The Bertz CT molecular complexity index is 286. The molecule has 0 aromatic heterocycles. The van der Waals surface area contributed by atoms with Gasteiger partial charge in [-0.25, -0.2) is 0 Å². The van der Waals surface area contributed by atoms with Gasteiger partial charge in [0.15, 0.2) is 0 Å². The van der Waals surface area contributed by atoms with Crippen LogP contribution in [0.5, 0.6) is 0 Å². The molecule has 5 heteroatoms. The fourth-order valence-electron chi connectivity index (χ4n) is 1.45. The minimum absolute atomic E-state index is 0.324. The van der Waals surface area contributed by atoms with Gasteiger partial charge in [0.05, 0.1) is 30.7 Å². The first-order chi connectivity index (χ1) is 6.93. The van der Waals surface area contributed by atoms with Crippen molar-refractivity contribution in [2.24, 2.45) is 0 Å². The minimum Gasteiger partial charge on any atom is -0.366 e. The van der Waals surface area contributed by atoms with Gasteiger partial charge < -0.3 is 13.8 Å². The monoisotopic (exact) mass is 234 g/mol. The van der Waals surface area contributed by atoms with Gasteiger partial charge in [0.25, 0.3) is 0 Å². The van der Waals surface area contributed by atoms with E-state index in [2.05, 4.69) is 0 Å². The lowest BCUT2D eigenvalue weighted by molar-refractivity contribution is 0.0559. The third-order valence-electron chi connectivity index (χ3n) is 2.06. The van der Waals surface area contributed by atoms with Crippen molar-refractivity contribution in [2.75, 3.05) is 19.8 Å². The number of ether oxygens (including phenoxy) is 1. The van der Waals surface area contributed by atoms with E-state index in [0.717, 1.165) is 0 Å². The predicted octanol–water partition coefficient (Wildman–Crippen LogP) is 2.95. The highest BCUT2D eigenvalue weighted by molar-refractivity contribution is 7.58. The molecule has 15 heavy (non-hydrogen) atoms. The molecule has 0 saturated carbocycles. The summed E-state index contributed by atoms with van der Waals surface area (Å²) in [6.07, 6.45) is 1.83. The molecule has 0 N–H and O–H groups in total. The van der Waals surface area contributed by atoms with Crippen LogP contribution in [0.1, 0.15) is 27.7 Å². The molecule has 0 radical (unpaired) electrons. The average molecular weight is 234 g/mol. The van der Waals surface area contributed by atoms with Gasteiger partial charge in [-0.2, -0.15) is 0 Å². The van der Waals surface area contributed by atoms with Crippen LogP contribution in [0.3, 0.4) is 0 Å². The van der Waals surface area contributed by atoms with Gasteiger partial charge >= 0.3 is 7.60 Å². The van der Waals surface area contributed by atoms with E-state index in [0.29, 0.717) is 25.1 Å². The van der Waals surface area contributed by atoms with Gasteiger partial charge in [0, 0.05) is 0 Å². The van der Waals surface area contributed by atoms with E-state index in [-0.39, 0.29) is 5.60 Å². The van der Waals surface area contributed by atoms with Gasteiger partial charge in [-0.3, -0.25) is 4.57 Å². The van der Waals surface area contributed by atoms with Crippen LogP contribution in [0.2, 0.25) is 0 Å². The van der Waals surface area contributed by atoms with Crippen molar-refractivity contribution in [3.05, 3.63) is 11.4 Å². The summed E-state index contributed by atoms with van der Waals surface area (Å²) in [4.78, 5) is 0. The maximum atomic E-state index is 12.3. The van der Waals surface area contributed by atoms with Crippen molar-refractivity contribution in [3.8, 4) is 0 Å². The summed E-state index contributed by atoms with van der Waals surface area (Å²) in [6, 6.07) is 0. The second-order valence-electron chi connectivity index (χ2n) is 3.86. The number of hydrogen-bond donors (Lipinski definition) is 0. The second kappa shape index (κ2) is 4.79. The van der Waals surface area contributed by atoms with Gasteiger partial charge in [-0.1, -0.05) is 0 Å². The molecule has 0 spiro atoms. The predicted molar refractivity (Wildman–Crippen MR) is 59.0 cm³/mol. The maximum Gasteiger partial charge on any atom is 0.359 e. The lowest BCUT2D eigenvalue weighted by Crippen LogP contribution is -2.15. The molecule has 0 amide bonds. The largest absolute Gasteiger partial charge is 0.366 e. The van der Waals surface area contributed by atoms with Crippen LogP contribution < -0.4 is 0 Å². The first-order valence-corrected chi connectivity index (χ1v) is 6.73. The van der Waals surface area contributed by atoms with Crippen molar-refractivity contribution in [1.29, 1.82) is 0 Å². The van der Waals surface area contributed by atoms with Crippen molar-refractivity contribution < 1.29 is 18.3 Å². The summed E-state index contributed by atoms with van der Waals surface area (Å²) < 4.78 is 28.2. The third kappa shape index (κ3) is 3.15. The second-order valence-corrected chi connectivity index (χ2v) is 5.95. The number of rotatable bonds is 5. The summed E-state index contributed by atoms with van der Waals surface area (Å²) >= 11 is 0. The van der Waals surface area contributed by atoms with Crippen LogP contribution in [0.25, 0.3) is 0 Å². The molecule has 0 bridgehead atoms. The molecule has 0 atom stereocenters. The molecule has 0 fully saturated rings. The van der Waals surface area contributed by atoms with Crippen LogP contribution >= 0.6 is 7.60 Å². The molecule has 88 valence electrons. The molecule has 4 nitrogen and oxygen atoms in total. The maximum absolute atomic E-state index is 12.3. The van der Waals surface area contributed by atoms with E-state index < -0.39 is 7.60 Å². The van der Waals surface area contributed by atoms with Crippen molar-refractivity contribution in [3.63, 3.8) is 0 Å². The van der Waals surface area contributed by atoms with E-state index in [4.69, 9.17) is 13.8 Å². The van der Waals surface area contributed by atoms with Crippen LogP contribution in [0.15, 0.2) is 11.4 Å². The van der Waals surface area contributed by atoms with Crippen molar-refractivity contribution in [2.45, 2.75) is 33.3 Å². The van der Waals surface area contributed by atoms with Gasteiger partial charge in [0.1, 0.15) is 0 Å². The van der Waals surface area contributed by atoms with Crippen molar-refractivity contribution in [1.82, 2.24) is 0 Å². The summed E-state index contributed by atoms with van der Waals surface area (Å²) in [6.45, 7) is 8.50. The molecule has 1 aliphatic rings. The molecule has 0 saturated heterocycles. The lowest BCUT2D eigenvalue weighted by Gasteiger charge is -2.16. The molecular weight excluding hydrogens is 215 g/mol. The molecule has 0 unspecified atom stereocenters. The zero-order valence-electron chi connectivity index (χ0n) is 9.78. The highest BCUT2D eigenvalue weighted by Gasteiger charge is 2.36.